The van der Waals surface area contributed by atoms with Gasteiger partial charge in [-0.15, -0.1) is 0 Å². The summed E-state index contributed by atoms with van der Waals surface area (Å²) in [5.74, 6) is -2.74. The molecule has 3 atom stereocenters. The van der Waals surface area contributed by atoms with Crippen LogP contribution in [0.15, 0.2) is 42.5 Å². The summed E-state index contributed by atoms with van der Waals surface area (Å²) >= 11 is 0. The van der Waals surface area contributed by atoms with Gasteiger partial charge >= 0.3 is 0 Å². The molecule has 40 heavy (non-hydrogen) atoms. The maximum Gasteiger partial charge on any atom is 0.245 e. The predicted octanol–water partition coefficient (Wildman–Crippen LogP) is 3.60. The van der Waals surface area contributed by atoms with Gasteiger partial charge in [-0.05, 0) is 53.5 Å². The normalized spacial score (nSPS) is 17.5. The highest BCUT2D eigenvalue weighted by Crippen LogP contribution is 2.38. The van der Waals surface area contributed by atoms with Crippen molar-refractivity contribution in [2.75, 3.05) is 13.2 Å². The van der Waals surface area contributed by atoms with Crippen LogP contribution in [0.3, 0.4) is 0 Å². The van der Waals surface area contributed by atoms with E-state index in [1.807, 2.05) is 0 Å². The summed E-state index contributed by atoms with van der Waals surface area (Å²) in [6.07, 6.45) is 3.75. The smallest absolute Gasteiger partial charge is 0.245 e. The fourth-order valence-corrected chi connectivity index (χ4v) is 5.44. The van der Waals surface area contributed by atoms with Crippen molar-refractivity contribution in [3.05, 3.63) is 70.8 Å². The molecule has 1 aliphatic carbocycles. The Kier molecular flexibility index (Phi) is 10.8. The lowest BCUT2D eigenvalue weighted by Crippen LogP contribution is -2.57. The minimum Gasteiger partial charge on any atom is -0.394 e. The van der Waals surface area contributed by atoms with Crippen LogP contribution in [0.5, 0.6) is 0 Å². The molecule has 2 aromatic rings. The minimum atomic E-state index is -1.23. The number of nitrogens with one attached hydrogen (secondary N) is 3. The van der Waals surface area contributed by atoms with Gasteiger partial charge in [-0.1, -0.05) is 64.3 Å². The van der Waals surface area contributed by atoms with Crippen molar-refractivity contribution in [3.63, 3.8) is 0 Å². The summed E-state index contributed by atoms with van der Waals surface area (Å²) in [6.45, 7) is 7.18. The molecular formula is C31H43F2N3O4. The maximum atomic E-state index is 13.9. The molecule has 1 saturated carbocycles. The van der Waals surface area contributed by atoms with Gasteiger partial charge in [0, 0.05) is 25.1 Å². The van der Waals surface area contributed by atoms with Crippen LogP contribution in [0.25, 0.3) is 0 Å². The lowest BCUT2D eigenvalue weighted by atomic mass is 9.74. The van der Waals surface area contributed by atoms with Gasteiger partial charge in [0.2, 0.25) is 11.8 Å². The third-order valence-electron chi connectivity index (χ3n) is 7.68. The van der Waals surface area contributed by atoms with Gasteiger partial charge in [-0.25, -0.2) is 8.78 Å². The molecule has 0 bridgehead atoms. The van der Waals surface area contributed by atoms with Crippen molar-refractivity contribution >= 4 is 11.8 Å². The molecular weight excluding hydrogens is 516 g/mol. The molecule has 7 nitrogen and oxygen atoms in total. The third kappa shape index (κ3) is 8.56. The Morgan fingerprint density at radius 2 is 1.65 bits per heavy atom. The molecule has 0 heterocycles. The van der Waals surface area contributed by atoms with Gasteiger partial charge in [-0.2, -0.15) is 0 Å². The van der Waals surface area contributed by atoms with Crippen LogP contribution in [0.2, 0.25) is 0 Å². The van der Waals surface area contributed by atoms with E-state index >= 15 is 0 Å². The first kappa shape index (κ1) is 31.6. The first-order valence-electron chi connectivity index (χ1n) is 14.0. The molecule has 220 valence electrons. The van der Waals surface area contributed by atoms with Crippen molar-refractivity contribution < 1.29 is 28.6 Å². The van der Waals surface area contributed by atoms with Crippen molar-refractivity contribution in [2.45, 2.75) is 95.4 Å². The molecule has 1 fully saturated rings. The van der Waals surface area contributed by atoms with Crippen LogP contribution in [0.1, 0.15) is 76.5 Å². The Balaban J connectivity index is 1.86. The summed E-state index contributed by atoms with van der Waals surface area (Å²) in [6, 6.07) is 9.38. The predicted molar refractivity (Wildman–Crippen MR) is 151 cm³/mol. The van der Waals surface area contributed by atoms with Crippen molar-refractivity contribution in [3.8, 4) is 0 Å². The monoisotopic (exact) mass is 559 g/mol. The van der Waals surface area contributed by atoms with Gasteiger partial charge in [0.15, 0.2) is 0 Å². The average molecular weight is 560 g/mol. The molecule has 1 aliphatic rings. The number of carbonyl (C=O) groups is 2. The number of aliphatic hydroxyl groups excluding tert-OH is 2. The van der Waals surface area contributed by atoms with Crippen LogP contribution in [0, 0.1) is 11.6 Å². The van der Waals surface area contributed by atoms with Crippen molar-refractivity contribution in [1.29, 1.82) is 0 Å². The third-order valence-corrected chi connectivity index (χ3v) is 7.68. The molecule has 3 rings (SSSR count). The molecule has 2 aromatic carbocycles. The summed E-state index contributed by atoms with van der Waals surface area (Å²) in [4.78, 5) is 24.4. The Bertz CT molecular complexity index is 1140. The molecule has 0 radical (unpaired) electrons. The Labute approximate surface area is 235 Å². The van der Waals surface area contributed by atoms with E-state index in [4.69, 9.17) is 0 Å². The molecule has 0 aliphatic heterocycles. The van der Waals surface area contributed by atoms with E-state index in [1.54, 1.807) is 0 Å². The van der Waals surface area contributed by atoms with E-state index < -0.39 is 48.2 Å². The Hall–Kier alpha value is -2.88. The molecule has 5 N–H and O–H groups in total. The van der Waals surface area contributed by atoms with E-state index in [9.17, 15) is 28.6 Å². The number of hydrogen-bond donors (Lipinski definition) is 5. The molecule has 0 spiro atoms. The number of carbonyl (C=O) groups excluding carboxylic acids is 2. The van der Waals surface area contributed by atoms with E-state index in [1.165, 1.54) is 12.5 Å². The fraction of sp³-hybridized carbons (Fsp3) is 0.548. The molecule has 3 unspecified atom stereocenters. The highest BCUT2D eigenvalue weighted by Gasteiger charge is 2.36. The lowest BCUT2D eigenvalue weighted by Gasteiger charge is -2.41. The maximum absolute atomic E-state index is 13.9. The van der Waals surface area contributed by atoms with Crippen LogP contribution >= 0.6 is 0 Å². The van der Waals surface area contributed by atoms with Crippen LogP contribution in [-0.4, -0.2) is 53.4 Å². The van der Waals surface area contributed by atoms with Crippen LogP contribution in [-0.2, 0) is 27.0 Å². The van der Waals surface area contributed by atoms with Crippen LogP contribution in [0.4, 0.5) is 8.78 Å². The Morgan fingerprint density at radius 3 is 2.23 bits per heavy atom. The zero-order valence-electron chi connectivity index (χ0n) is 23.9. The SMILES string of the molecule is CC(=O)NC(CO)C(=O)NC(Cc1cc(F)cc(F)c1)C(O)CNC1(c2cccc(C(C)(C)C)c2)CCCCC1. The van der Waals surface area contributed by atoms with Gasteiger partial charge in [0.25, 0.3) is 0 Å². The highest BCUT2D eigenvalue weighted by atomic mass is 19.1. The second kappa shape index (κ2) is 13.7. The second-order valence-electron chi connectivity index (χ2n) is 12.0. The minimum absolute atomic E-state index is 0.0296. The first-order valence-corrected chi connectivity index (χ1v) is 14.0. The quantitative estimate of drug-likeness (QED) is 0.289. The number of amides is 2. The number of halogens is 2. The number of benzene rings is 2. The highest BCUT2D eigenvalue weighted by molar-refractivity contribution is 5.87. The molecule has 0 saturated heterocycles. The number of aliphatic hydroxyl groups is 2. The van der Waals surface area contributed by atoms with E-state index in [-0.39, 0.29) is 29.5 Å². The summed E-state index contributed by atoms with van der Waals surface area (Å²) in [5.41, 5.74) is 2.21. The second-order valence-corrected chi connectivity index (χ2v) is 12.0. The molecule has 2 amide bonds. The van der Waals surface area contributed by atoms with Crippen LogP contribution < -0.4 is 16.0 Å². The molecule has 0 aromatic heterocycles. The summed E-state index contributed by atoms with van der Waals surface area (Å²) in [5, 5.41) is 29.6. The van der Waals surface area contributed by atoms with Gasteiger partial charge in [0.1, 0.15) is 17.7 Å². The van der Waals surface area contributed by atoms with Crippen molar-refractivity contribution in [2.24, 2.45) is 0 Å². The van der Waals surface area contributed by atoms with Crippen molar-refractivity contribution in [1.82, 2.24) is 16.0 Å². The zero-order chi connectivity index (χ0) is 29.5. The number of rotatable bonds is 11. The van der Waals surface area contributed by atoms with E-state index in [2.05, 4.69) is 61.0 Å². The first-order chi connectivity index (χ1) is 18.8. The average Bonchev–Trinajstić information content (AvgIpc) is 2.89. The lowest BCUT2D eigenvalue weighted by molar-refractivity contribution is -0.130. The number of hydrogen-bond acceptors (Lipinski definition) is 5. The van der Waals surface area contributed by atoms with Gasteiger partial charge in [-0.3, -0.25) is 9.59 Å². The fourth-order valence-electron chi connectivity index (χ4n) is 5.44. The Morgan fingerprint density at radius 1 is 1.00 bits per heavy atom. The standard InChI is InChI=1S/C31H43F2N3O4/c1-20(38)35-27(19-37)29(40)36-26(15-21-13-24(32)17-25(33)14-21)28(39)18-34-31(11-6-5-7-12-31)23-10-8-9-22(16-23)30(2,3)4/h8-10,13-14,16-17,26-28,34,37,39H,5-7,11-12,15,18-19H2,1-4H3,(H,35,38)(H,36,40). The zero-order valence-corrected chi connectivity index (χ0v) is 23.9. The summed E-state index contributed by atoms with van der Waals surface area (Å²) < 4.78 is 27.9. The topological polar surface area (TPSA) is 111 Å². The van der Waals surface area contributed by atoms with E-state index in [0.717, 1.165) is 55.9 Å². The molecule has 9 heteroatoms. The largest absolute Gasteiger partial charge is 0.394 e. The van der Waals surface area contributed by atoms with Gasteiger partial charge in [0.05, 0.1) is 18.8 Å². The van der Waals surface area contributed by atoms with Gasteiger partial charge < -0.3 is 26.2 Å². The summed E-state index contributed by atoms with van der Waals surface area (Å²) in [7, 11) is 0. The van der Waals surface area contributed by atoms with E-state index in [0.29, 0.717) is 0 Å².